The number of benzene rings is 2. The van der Waals surface area contributed by atoms with Crippen LogP contribution >= 0.6 is 0 Å². The Hall–Kier alpha value is -4.20. The molecule has 5 rings (SSSR count). The van der Waals surface area contributed by atoms with Gasteiger partial charge in [-0.2, -0.15) is 5.26 Å². The fourth-order valence-electron chi connectivity index (χ4n) is 4.19. The Bertz CT molecular complexity index is 1300. The van der Waals surface area contributed by atoms with Gasteiger partial charge in [0.15, 0.2) is 0 Å². The van der Waals surface area contributed by atoms with Crippen LogP contribution in [0.1, 0.15) is 18.4 Å². The average molecular weight is 501 g/mol. The van der Waals surface area contributed by atoms with Crippen LogP contribution in [-0.2, 0) is 9.47 Å². The highest BCUT2D eigenvalue weighted by molar-refractivity contribution is 5.90. The van der Waals surface area contributed by atoms with Crippen LogP contribution < -0.4 is 15.4 Å². The van der Waals surface area contributed by atoms with Gasteiger partial charge in [0, 0.05) is 43.1 Å². The first kappa shape index (κ1) is 24.5. The molecule has 2 amide bonds. The highest BCUT2D eigenvalue weighted by atomic mass is 16.5. The second-order valence-corrected chi connectivity index (χ2v) is 8.92. The summed E-state index contributed by atoms with van der Waals surface area (Å²) < 4.78 is 16.7. The molecule has 0 bridgehead atoms. The lowest BCUT2D eigenvalue weighted by atomic mass is 10.1. The van der Waals surface area contributed by atoms with E-state index in [0.717, 1.165) is 24.1 Å². The maximum Gasteiger partial charge on any atom is 0.322 e. The van der Waals surface area contributed by atoms with E-state index in [2.05, 4.69) is 26.7 Å². The number of amides is 2. The zero-order valence-electron chi connectivity index (χ0n) is 20.5. The summed E-state index contributed by atoms with van der Waals surface area (Å²) in [5, 5.41) is 15.8. The third-order valence-corrected chi connectivity index (χ3v) is 6.35. The van der Waals surface area contributed by atoms with E-state index in [4.69, 9.17) is 14.2 Å². The largest absolute Gasteiger partial charge is 0.489 e. The number of hydrogen-bond donors (Lipinski definition) is 2. The van der Waals surface area contributed by atoms with Gasteiger partial charge in [-0.05, 0) is 42.5 Å². The van der Waals surface area contributed by atoms with E-state index >= 15 is 0 Å². The summed E-state index contributed by atoms with van der Waals surface area (Å²) in [6.45, 7) is 2.50. The molecule has 10 nitrogen and oxygen atoms in total. The van der Waals surface area contributed by atoms with E-state index in [1.165, 1.54) is 0 Å². The minimum atomic E-state index is -0.166. The van der Waals surface area contributed by atoms with Gasteiger partial charge in [-0.25, -0.2) is 14.8 Å². The van der Waals surface area contributed by atoms with Crippen molar-refractivity contribution in [3.05, 3.63) is 60.3 Å². The summed E-state index contributed by atoms with van der Waals surface area (Å²) >= 11 is 0. The van der Waals surface area contributed by atoms with Crippen LogP contribution in [0.2, 0.25) is 0 Å². The van der Waals surface area contributed by atoms with Crippen molar-refractivity contribution in [3.8, 4) is 23.1 Å². The van der Waals surface area contributed by atoms with Crippen molar-refractivity contribution in [1.29, 1.82) is 5.26 Å². The van der Waals surface area contributed by atoms with E-state index < -0.39 is 0 Å². The van der Waals surface area contributed by atoms with Crippen molar-refractivity contribution in [2.24, 2.45) is 0 Å². The number of urea groups is 1. The number of nitrogens with zero attached hydrogens (tertiary/aromatic N) is 4. The second kappa shape index (κ2) is 11.2. The lowest BCUT2D eigenvalue weighted by Crippen LogP contribution is -2.55. The Morgan fingerprint density at radius 3 is 2.70 bits per heavy atom. The van der Waals surface area contributed by atoms with Gasteiger partial charge in [-0.1, -0.05) is 6.07 Å². The van der Waals surface area contributed by atoms with Crippen LogP contribution in [0.3, 0.4) is 0 Å². The van der Waals surface area contributed by atoms with Crippen LogP contribution in [0.25, 0.3) is 11.3 Å². The van der Waals surface area contributed by atoms with Gasteiger partial charge in [-0.15, -0.1) is 0 Å². The third-order valence-electron chi connectivity index (χ3n) is 6.35. The van der Waals surface area contributed by atoms with Gasteiger partial charge >= 0.3 is 6.03 Å². The lowest BCUT2D eigenvalue weighted by molar-refractivity contribution is -0.00465. The average Bonchev–Trinajstić information content (AvgIpc) is 2.89. The number of rotatable bonds is 7. The van der Waals surface area contributed by atoms with Gasteiger partial charge < -0.3 is 29.7 Å². The molecule has 0 aliphatic carbocycles. The molecule has 2 aromatic carbocycles. The molecule has 3 aromatic rings. The van der Waals surface area contributed by atoms with Crippen molar-refractivity contribution in [1.82, 2.24) is 14.9 Å². The van der Waals surface area contributed by atoms with Gasteiger partial charge in [0.05, 0.1) is 43.7 Å². The van der Waals surface area contributed by atoms with Gasteiger partial charge in [0.25, 0.3) is 0 Å². The Labute approximate surface area is 215 Å². The molecule has 3 heterocycles. The molecular weight excluding hydrogens is 472 g/mol. The van der Waals surface area contributed by atoms with Crippen molar-refractivity contribution in [3.63, 3.8) is 0 Å². The molecule has 0 spiro atoms. The van der Waals surface area contributed by atoms with Crippen LogP contribution in [0.5, 0.6) is 5.75 Å². The first-order chi connectivity index (χ1) is 18.1. The number of carbonyl (C=O) groups is 1. The maximum absolute atomic E-state index is 12.4. The predicted molar refractivity (Wildman–Crippen MR) is 138 cm³/mol. The quantitative estimate of drug-likeness (QED) is 0.496. The number of anilines is 3. The standard InChI is InChI=1S/C27H28N6O4/c1-35-23-16-33(17-23)27(34)31-21-4-2-3-20(14-21)30-26-29-10-7-24(32-26)18-5-6-25(19(13-18)15-28)37-22-8-11-36-12-9-22/h2-7,10,13-14,22-23H,8-9,11-12,16-17H2,1H3,(H,31,34)(H,29,30,32). The molecule has 190 valence electrons. The predicted octanol–water partition coefficient (Wildman–Crippen LogP) is 4.18. The summed E-state index contributed by atoms with van der Waals surface area (Å²) in [7, 11) is 1.65. The molecular formula is C27H28N6O4. The van der Waals surface area contributed by atoms with E-state index in [-0.39, 0.29) is 18.2 Å². The maximum atomic E-state index is 12.4. The highest BCUT2D eigenvalue weighted by Gasteiger charge is 2.30. The van der Waals surface area contributed by atoms with Crippen molar-refractivity contribution >= 4 is 23.4 Å². The van der Waals surface area contributed by atoms with Gasteiger partial charge in [-0.3, -0.25) is 0 Å². The van der Waals surface area contributed by atoms with E-state index in [0.29, 0.717) is 54.9 Å². The molecule has 37 heavy (non-hydrogen) atoms. The Kier molecular flexibility index (Phi) is 7.44. The fourth-order valence-corrected chi connectivity index (χ4v) is 4.19. The van der Waals surface area contributed by atoms with Crippen molar-refractivity contribution in [2.45, 2.75) is 25.0 Å². The summed E-state index contributed by atoms with van der Waals surface area (Å²) in [5.41, 5.74) is 3.30. The molecule has 2 fully saturated rings. The Morgan fingerprint density at radius 2 is 1.92 bits per heavy atom. The summed E-state index contributed by atoms with van der Waals surface area (Å²) in [4.78, 5) is 23.0. The molecule has 2 saturated heterocycles. The third kappa shape index (κ3) is 5.97. The first-order valence-corrected chi connectivity index (χ1v) is 12.2. The van der Waals surface area contributed by atoms with Gasteiger partial charge in [0.2, 0.25) is 5.95 Å². The van der Waals surface area contributed by atoms with E-state index in [1.807, 2.05) is 36.4 Å². The smallest absolute Gasteiger partial charge is 0.322 e. The molecule has 0 atom stereocenters. The SMILES string of the molecule is COC1CN(C(=O)Nc2cccc(Nc3nccc(-c4ccc(OC5CCOCC5)c(C#N)c4)n3)c2)C1. The minimum absolute atomic E-state index is 0.0512. The monoisotopic (exact) mass is 500 g/mol. The topological polar surface area (TPSA) is 122 Å². The number of likely N-dealkylation sites (tertiary alicyclic amines) is 1. The van der Waals surface area contributed by atoms with Crippen molar-refractivity contribution in [2.75, 3.05) is 44.0 Å². The first-order valence-electron chi connectivity index (χ1n) is 12.2. The normalized spacial score (nSPS) is 15.9. The van der Waals surface area contributed by atoms with Crippen molar-refractivity contribution < 1.29 is 19.0 Å². The minimum Gasteiger partial charge on any atom is -0.489 e. The number of ether oxygens (including phenoxy) is 3. The number of aromatic nitrogens is 2. The molecule has 0 saturated carbocycles. The Balaban J connectivity index is 1.26. The van der Waals surface area contributed by atoms with Crippen LogP contribution in [0.4, 0.5) is 22.1 Å². The number of carbonyl (C=O) groups excluding carboxylic acids is 1. The molecule has 2 aliphatic rings. The van der Waals surface area contributed by atoms with Crippen LogP contribution in [0.15, 0.2) is 54.7 Å². The van der Waals surface area contributed by atoms with E-state index in [1.54, 1.807) is 30.3 Å². The number of methoxy groups -OCH3 is 1. The Morgan fingerprint density at radius 1 is 1.11 bits per heavy atom. The summed E-state index contributed by atoms with van der Waals surface area (Å²) in [6, 6.07) is 16.7. The summed E-state index contributed by atoms with van der Waals surface area (Å²) in [5.74, 6) is 0.966. The molecule has 0 radical (unpaired) electrons. The second-order valence-electron chi connectivity index (χ2n) is 8.92. The number of hydrogen-bond acceptors (Lipinski definition) is 8. The van der Waals surface area contributed by atoms with Crippen LogP contribution in [0, 0.1) is 11.3 Å². The number of nitriles is 1. The number of nitrogens with one attached hydrogen (secondary N) is 2. The van der Waals surface area contributed by atoms with Gasteiger partial charge in [0.1, 0.15) is 17.9 Å². The van der Waals surface area contributed by atoms with E-state index in [9.17, 15) is 10.1 Å². The molecule has 1 aromatic heterocycles. The van der Waals surface area contributed by atoms with Crippen LogP contribution in [-0.4, -0.2) is 66.5 Å². The fraction of sp³-hybridized carbons (Fsp3) is 0.333. The molecule has 10 heteroatoms. The zero-order chi connectivity index (χ0) is 25.6. The molecule has 0 unspecified atom stereocenters. The molecule has 2 N–H and O–H groups in total. The summed E-state index contributed by atoms with van der Waals surface area (Å²) in [6.07, 6.45) is 3.43. The molecule has 2 aliphatic heterocycles. The lowest BCUT2D eigenvalue weighted by Gasteiger charge is -2.37. The zero-order valence-corrected chi connectivity index (χ0v) is 20.5. The highest BCUT2D eigenvalue weighted by Crippen LogP contribution is 2.28.